The molecule has 0 spiro atoms. The molecular formula is C16H22N2S. The zero-order valence-corrected chi connectivity index (χ0v) is 13.2. The Bertz CT molecular complexity index is 572. The first-order chi connectivity index (χ1) is 9.01. The van der Waals surface area contributed by atoms with Crippen LogP contribution in [0.5, 0.6) is 0 Å². The van der Waals surface area contributed by atoms with Crippen LogP contribution < -0.4 is 5.32 Å². The largest absolute Gasteiger partial charge is 0.312 e. The van der Waals surface area contributed by atoms with Gasteiger partial charge in [0.05, 0.1) is 10.7 Å². The minimum absolute atomic E-state index is 0.355. The van der Waals surface area contributed by atoms with Crippen molar-refractivity contribution >= 4 is 11.3 Å². The van der Waals surface area contributed by atoms with E-state index in [1.54, 1.807) is 11.3 Å². The fourth-order valence-electron chi connectivity index (χ4n) is 2.36. The van der Waals surface area contributed by atoms with Crippen LogP contribution in [0.3, 0.4) is 0 Å². The number of nitrogens with zero attached hydrogens (tertiary/aromatic N) is 1. The predicted molar refractivity (Wildman–Crippen MR) is 83.0 cm³/mol. The lowest BCUT2D eigenvalue weighted by Gasteiger charge is -2.16. The lowest BCUT2D eigenvalue weighted by atomic mass is 10.00. The highest BCUT2D eigenvalue weighted by Gasteiger charge is 2.16. The summed E-state index contributed by atoms with van der Waals surface area (Å²) < 4.78 is 0. The monoisotopic (exact) mass is 274 g/mol. The quantitative estimate of drug-likeness (QED) is 0.915. The summed E-state index contributed by atoms with van der Waals surface area (Å²) in [5.41, 5.74) is 5.26. The third kappa shape index (κ3) is 3.23. The molecule has 0 saturated carbocycles. The fraction of sp³-hybridized carbons (Fsp3) is 0.438. The van der Waals surface area contributed by atoms with Gasteiger partial charge in [-0.25, -0.2) is 4.98 Å². The molecule has 0 aliphatic carbocycles. The standard InChI is InChI=1S/C16H22N2S/c1-10-6-7-14(8-11(10)2)9-15(17-5)16-12(3)18-13(4)19-16/h6-8,15,17H,9H2,1-5H3. The summed E-state index contributed by atoms with van der Waals surface area (Å²) in [5.74, 6) is 0. The highest BCUT2D eigenvalue weighted by molar-refractivity contribution is 7.11. The molecule has 102 valence electrons. The Labute approximate surface area is 119 Å². The number of benzene rings is 1. The van der Waals surface area contributed by atoms with Crippen LogP contribution in [0.15, 0.2) is 18.2 Å². The summed E-state index contributed by atoms with van der Waals surface area (Å²) in [7, 11) is 2.03. The SMILES string of the molecule is CNC(Cc1ccc(C)c(C)c1)c1sc(C)nc1C. The Hall–Kier alpha value is -1.19. The molecular weight excluding hydrogens is 252 g/mol. The number of nitrogens with one attached hydrogen (secondary N) is 1. The van der Waals surface area contributed by atoms with Crippen LogP contribution in [0.4, 0.5) is 0 Å². The molecule has 1 aromatic heterocycles. The van der Waals surface area contributed by atoms with Gasteiger partial charge >= 0.3 is 0 Å². The van der Waals surface area contributed by atoms with Crippen LogP contribution in [-0.2, 0) is 6.42 Å². The van der Waals surface area contributed by atoms with E-state index in [-0.39, 0.29) is 0 Å². The Kier molecular flexibility index (Phi) is 4.38. The van der Waals surface area contributed by atoms with Gasteiger partial charge in [-0.1, -0.05) is 18.2 Å². The third-order valence-electron chi connectivity index (χ3n) is 3.62. The van der Waals surface area contributed by atoms with Gasteiger partial charge in [0.25, 0.3) is 0 Å². The predicted octanol–water partition coefficient (Wildman–Crippen LogP) is 3.88. The van der Waals surface area contributed by atoms with Crippen molar-refractivity contribution in [3.63, 3.8) is 0 Å². The van der Waals surface area contributed by atoms with E-state index in [0.29, 0.717) is 6.04 Å². The molecule has 1 atom stereocenters. The van der Waals surface area contributed by atoms with Crippen molar-refractivity contribution in [3.05, 3.63) is 50.5 Å². The molecule has 1 aromatic carbocycles. The number of hydrogen-bond acceptors (Lipinski definition) is 3. The van der Waals surface area contributed by atoms with Gasteiger partial charge in [-0.2, -0.15) is 0 Å². The van der Waals surface area contributed by atoms with Crippen molar-refractivity contribution in [2.24, 2.45) is 0 Å². The Morgan fingerprint density at radius 3 is 2.42 bits per heavy atom. The van der Waals surface area contributed by atoms with Crippen molar-refractivity contribution in [3.8, 4) is 0 Å². The van der Waals surface area contributed by atoms with Crippen LogP contribution in [0.1, 0.15) is 38.3 Å². The van der Waals surface area contributed by atoms with E-state index < -0.39 is 0 Å². The molecule has 1 unspecified atom stereocenters. The van der Waals surface area contributed by atoms with E-state index in [9.17, 15) is 0 Å². The summed E-state index contributed by atoms with van der Waals surface area (Å²) in [6.45, 7) is 8.51. The van der Waals surface area contributed by atoms with Crippen molar-refractivity contribution in [2.45, 2.75) is 40.2 Å². The number of aromatic nitrogens is 1. The molecule has 3 heteroatoms. The smallest absolute Gasteiger partial charge is 0.0900 e. The first-order valence-corrected chi connectivity index (χ1v) is 7.50. The van der Waals surface area contributed by atoms with Gasteiger partial charge in [-0.3, -0.25) is 0 Å². The molecule has 0 fully saturated rings. The zero-order valence-electron chi connectivity index (χ0n) is 12.4. The van der Waals surface area contributed by atoms with Gasteiger partial charge in [0.1, 0.15) is 0 Å². The average molecular weight is 274 g/mol. The number of likely N-dealkylation sites (N-methyl/N-ethyl adjacent to an activating group) is 1. The Morgan fingerprint density at radius 2 is 1.89 bits per heavy atom. The molecule has 0 bridgehead atoms. The van der Waals surface area contributed by atoms with Crippen LogP contribution in [-0.4, -0.2) is 12.0 Å². The molecule has 0 aliphatic heterocycles. The molecule has 1 N–H and O–H groups in total. The summed E-state index contributed by atoms with van der Waals surface area (Å²) >= 11 is 1.80. The van der Waals surface area contributed by atoms with Crippen LogP contribution in [0.25, 0.3) is 0 Å². The van der Waals surface area contributed by atoms with Gasteiger partial charge in [-0.05, 0) is 57.9 Å². The second kappa shape index (κ2) is 5.85. The number of rotatable bonds is 4. The van der Waals surface area contributed by atoms with Crippen molar-refractivity contribution in [1.82, 2.24) is 10.3 Å². The summed E-state index contributed by atoms with van der Waals surface area (Å²) in [6, 6.07) is 7.09. The van der Waals surface area contributed by atoms with Gasteiger partial charge in [-0.15, -0.1) is 11.3 Å². The highest BCUT2D eigenvalue weighted by Crippen LogP contribution is 2.27. The molecule has 2 aromatic rings. The molecule has 0 radical (unpaired) electrons. The third-order valence-corrected chi connectivity index (χ3v) is 4.80. The number of hydrogen-bond donors (Lipinski definition) is 1. The number of aryl methyl sites for hydroxylation is 4. The Morgan fingerprint density at radius 1 is 1.16 bits per heavy atom. The van der Waals surface area contributed by atoms with Gasteiger partial charge in [0.2, 0.25) is 0 Å². The minimum atomic E-state index is 0.355. The Balaban J connectivity index is 2.23. The first kappa shape index (κ1) is 14.2. The van der Waals surface area contributed by atoms with Crippen LogP contribution >= 0.6 is 11.3 Å². The van der Waals surface area contributed by atoms with Crippen molar-refractivity contribution in [1.29, 1.82) is 0 Å². The number of thiazole rings is 1. The molecule has 0 saturated heterocycles. The van der Waals surface area contributed by atoms with E-state index in [1.807, 2.05) is 7.05 Å². The second-order valence-corrected chi connectivity index (χ2v) is 6.38. The second-order valence-electron chi connectivity index (χ2n) is 5.15. The van der Waals surface area contributed by atoms with E-state index in [0.717, 1.165) is 17.1 Å². The molecule has 1 heterocycles. The lowest BCUT2D eigenvalue weighted by Crippen LogP contribution is -2.18. The lowest BCUT2D eigenvalue weighted by molar-refractivity contribution is 0.597. The van der Waals surface area contributed by atoms with E-state index in [1.165, 1.54) is 21.6 Å². The first-order valence-electron chi connectivity index (χ1n) is 6.68. The molecule has 0 amide bonds. The average Bonchev–Trinajstić information content (AvgIpc) is 2.70. The molecule has 2 nitrogen and oxygen atoms in total. The van der Waals surface area contributed by atoms with Crippen LogP contribution in [0.2, 0.25) is 0 Å². The summed E-state index contributed by atoms with van der Waals surface area (Å²) in [6.07, 6.45) is 1.01. The maximum atomic E-state index is 4.53. The van der Waals surface area contributed by atoms with Gasteiger partial charge < -0.3 is 5.32 Å². The minimum Gasteiger partial charge on any atom is -0.312 e. The van der Waals surface area contributed by atoms with Crippen molar-refractivity contribution < 1.29 is 0 Å². The van der Waals surface area contributed by atoms with E-state index in [4.69, 9.17) is 0 Å². The van der Waals surface area contributed by atoms with Gasteiger partial charge in [0.15, 0.2) is 0 Å². The maximum absolute atomic E-state index is 4.53. The van der Waals surface area contributed by atoms with E-state index >= 15 is 0 Å². The summed E-state index contributed by atoms with van der Waals surface area (Å²) in [5, 5.41) is 4.57. The normalized spacial score (nSPS) is 12.7. The van der Waals surface area contributed by atoms with Crippen molar-refractivity contribution in [2.75, 3.05) is 7.05 Å². The van der Waals surface area contributed by atoms with Gasteiger partial charge in [0, 0.05) is 10.9 Å². The maximum Gasteiger partial charge on any atom is 0.0900 e. The summed E-state index contributed by atoms with van der Waals surface area (Å²) in [4.78, 5) is 5.89. The molecule has 0 aliphatic rings. The van der Waals surface area contributed by atoms with E-state index in [2.05, 4.69) is 56.2 Å². The zero-order chi connectivity index (χ0) is 14.0. The fourth-order valence-corrected chi connectivity index (χ4v) is 3.40. The topological polar surface area (TPSA) is 24.9 Å². The highest BCUT2D eigenvalue weighted by atomic mass is 32.1. The van der Waals surface area contributed by atoms with Crippen LogP contribution in [0, 0.1) is 27.7 Å². The molecule has 2 rings (SSSR count). The molecule has 19 heavy (non-hydrogen) atoms.